The first-order chi connectivity index (χ1) is 6.45. The van der Waals surface area contributed by atoms with Gasteiger partial charge >= 0.3 is 0 Å². The summed E-state index contributed by atoms with van der Waals surface area (Å²) < 4.78 is 0. The molecule has 1 rings (SSSR count). The summed E-state index contributed by atoms with van der Waals surface area (Å²) in [6.45, 7) is 13.0. The maximum atomic E-state index is 3.68. The average Bonchev–Trinajstić information content (AvgIpc) is 2.85. The molecule has 0 saturated heterocycles. The van der Waals surface area contributed by atoms with E-state index >= 15 is 0 Å². The Labute approximate surface area is 89.7 Å². The summed E-state index contributed by atoms with van der Waals surface area (Å²) >= 11 is 0. The van der Waals surface area contributed by atoms with Gasteiger partial charge in [0, 0.05) is 6.04 Å². The van der Waals surface area contributed by atoms with Gasteiger partial charge < -0.3 is 5.32 Å². The first-order valence-corrected chi connectivity index (χ1v) is 6.18. The molecule has 0 aliphatic heterocycles. The SMILES string of the molecule is CCC(C)C(CNC1CC1)C(C)(C)C. The average molecular weight is 197 g/mol. The topological polar surface area (TPSA) is 12.0 Å². The summed E-state index contributed by atoms with van der Waals surface area (Å²) in [6.07, 6.45) is 4.10. The van der Waals surface area contributed by atoms with Gasteiger partial charge in [0.2, 0.25) is 0 Å². The van der Waals surface area contributed by atoms with E-state index in [2.05, 4.69) is 39.9 Å². The number of hydrogen-bond donors (Lipinski definition) is 1. The van der Waals surface area contributed by atoms with Crippen LogP contribution in [0.15, 0.2) is 0 Å². The lowest BCUT2D eigenvalue weighted by Crippen LogP contribution is -2.36. The zero-order valence-corrected chi connectivity index (χ0v) is 10.6. The Hall–Kier alpha value is -0.0400. The molecule has 1 nitrogen and oxygen atoms in total. The highest BCUT2D eigenvalue weighted by Gasteiger charge is 2.30. The van der Waals surface area contributed by atoms with Gasteiger partial charge in [0.1, 0.15) is 0 Å². The number of hydrogen-bond acceptors (Lipinski definition) is 1. The van der Waals surface area contributed by atoms with Crippen LogP contribution in [0.3, 0.4) is 0 Å². The predicted molar refractivity (Wildman–Crippen MR) is 63.4 cm³/mol. The molecule has 0 aromatic carbocycles. The first kappa shape index (κ1) is 12.0. The molecule has 1 N–H and O–H groups in total. The minimum Gasteiger partial charge on any atom is -0.314 e. The van der Waals surface area contributed by atoms with Gasteiger partial charge in [-0.05, 0) is 36.6 Å². The van der Waals surface area contributed by atoms with Crippen LogP contribution < -0.4 is 5.32 Å². The second-order valence-electron chi connectivity index (χ2n) is 6.04. The fourth-order valence-corrected chi connectivity index (χ4v) is 2.23. The molecule has 2 unspecified atom stereocenters. The summed E-state index contributed by atoms with van der Waals surface area (Å²) in [5.41, 5.74) is 0.442. The fraction of sp³-hybridized carbons (Fsp3) is 1.00. The van der Waals surface area contributed by atoms with Crippen molar-refractivity contribution in [1.82, 2.24) is 5.32 Å². The zero-order chi connectivity index (χ0) is 10.8. The molecule has 2 atom stereocenters. The second-order valence-corrected chi connectivity index (χ2v) is 6.04. The van der Waals surface area contributed by atoms with Gasteiger partial charge in [-0.3, -0.25) is 0 Å². The lowest BCUT2D eigenvalue weighted by atomic mass is 9.73. The zero-order valence-electron chi connectivity index (χ0n) is 10.6. The lowest BCUT2D eigenvalue weighted by Gasteiger charge is -2.35. The van der Waals surface area contributed by atoms with Crippen molar-refractivity contribution in [3.8, 4) is 0 Å². The fourth-order valence-electron chi connectivity index (χ4n) is 2.23. The Balaban J connectivity index is 2.42. The molecule has 0 spiro atoms. The van der Waals surface area contributed by atoms with Gasteiger partial charge in [-0.2, -0.15) is 0 Å². The third kappa shape index (κ3) is 3.61. The minimum absolute atomic E-state index is 0.442. The van der Waals surface area contributed by atoms with E-state index in [1.807, 2.05) is 0 Å². The Kier molecular flexibility index (Phi) is 4.00. The highest BCUT2D eigenvalue weighted by Crippen LogP contribution is 2.34. The molecule has 1 aliphatic rings. The molecule has 0 amide bonds. The summed E-state index contributed by atoms with van der Waals surface area (Å²) in [4.78, 5) is 0. The lowest BCUT2D eigenvalue weighted by molar-refractivity contribution is 0.159. The van der Waals surface area contributed by atoms with Crippen molar-refractivity contribution in [2.75, 3.05) is 6.54 Å². The standard InChI is InChI=1S/C13H27N/c1-6-10(2)12(13(3,4)5)9-14-11-7-8-11/h10-12,14H,6-9H2,1-5H3. The molecule has 14 heavy (non-hydrogen) atoms. The molecule has 1 heteroatoms. The summed E-state index contributed by atoms with van der Waals surface area (Å²) in [5, 5.41) is 3.68. The van der Waals surface area contributed by atoms with Gasteiger partial charge in [-0.25, -0.2) is 0 Å². The van der Waals surface area contributed by atoms with Crippen molar-refractivity contribution in [3.05, 3.63) is 0 Å². The van der Waals surface area contributed by atoms with Crippen LogP contribution in [-0.2, 0) is 0 Å². The smallest absolute Gasteiger partial charge is 0.00683 e. The highest BCUT2D eigenvalue weighted by atomic mass is 14.9. The largest absolute Gasteiger partial charge is 0.314 e. The van der Waals surface area contributed by atoms with Crippen LogP contribution in [0.4, 0.5) is 0 Å². The Bertz CT molecular complexity index is 165. The Morgan fingerprint density at radius 2 is 1.86 bits per heavy atom. The van der Waals surface area contributed by atoms with Crippen LogP contribution in [-0.4, -0.2) is 12.6 Å². The Morgan fingerprint density at radius 1 is 1.29 bits per heavy atom. The molecule has 1 saturated carbocycles. The van der Waals surface area contributed by atoms with E-state index in [1.165, 1.54) is 25.8 Å². The maximum Gasteiger partial charge on any atom is 0.00683 e. The van der Waals surface area contributed by atoms with Crippen LogP contribution in [0.2, 0.25) is 0 Å². The quantitative estimate of drug-likeness (QED) is 0.712. The number of rotatable bonds is 5. The van der Waals surface area contributed by atoms with Gasteiger partial charge in [0.05, 0.1) is 0 Å². The molecule has 0 aromatic heterocycles. The van der Waals surface area contributed by atoms with E-state index in [4.69, 9.17) is 0 Å². The van der Waals surface area contributed by atoms with E-state index < -0.39 is 0 Å². The van der Waals surface area contributed by atoms with Crippen LogP contribution in [0, 0.1) is 17.3 Å². The first-order valence-electron chi connectivity index (χ1n) is 6.18. The van der Waals surface area contributed by atoms with Crippen molar-refractivity contribution in [3.63, 3.8) is 0 Å². The summed E-state index contributed by atoms with van der Waals surface area (Å²) in [6, 6.07) is 0.851. The van der Waals surface area contributed by atoms with Gasteiger partial charge in [0.25, 0.3) is 0 Å². The normalized spacial score (nSPS) is 22.1. The minimum atomic E-state index is 0.442. The molecular formula is C13H27N. The summed E-state index contributed by atoms with van der Waals surface area (Å²) in [7, 11) is 0. The van der Waals surface area contributed by atoms with Crippen LogP contribution in [0.5, 0.6) is 0 Å². The molecule has 84 valence electrons. The molecule has 0 bridgehead atoms. The second kappa shape index (κ2) is 4.65. The molecule has 1 fully saturated rings. The van der Waals surface area contributed by atoms with Crippen molar-refractivity contribution in [2.45, 2.75) is 59.9 Å². The molecule has 0 radical (unpaired) electrons. The van der Waals surface area contributed by atoms with Gasteiger partial charge in [-0.1, -0.05) is 41.0 Å². The van der Waals surface area contributed by atoms with Crippen molar-refractivity contribution in [1.29, 1.82) is 0 Å². The van der Waals surface area contributed by atoms with Crippen LogP contribution in [0.1, 0.15) is 53.9 Å². The van der Waals surface area contributed by atoms with Crippen LogP contribution >= 0.6 is 0 Å². The Morgan fingerprint density at radius 3 is 2.21 bits per heavy atom. The predicted octanol–water partition coefficient (Wildman–Crippen LogP) is 3.45. The van der Waals surface area contributed by atoms with E-state index in [1.54, 1.807) is 0 Å². The molecule has 1 aliphatic carbocycles. The number of nitrogens with one attached hydrogen (secondary N) is 1. The molecular weight excluding hydrogens is 170 g/mol. The monoisotopic (exact) mass is 197 g/mol. The third-order valence-electron chi connectivity index (χ3n) is 3.65. The van der Waals surface area contributed by atoms with Gasteiger partial charge in [-0.15, -0.1) is 0 Å². The molecule has 0 aromatic rings. The summed E-state index contributed by atoms with van der Waals surface area (Å²) in [5.74, 6) is 1.65. The van der Waals surface area contributed by atoms with E-state index in [0.717, 1.165) is 17.9 Å². The maximum absolute atomic E-state index is 3.68. The van der Waals surface area contributed by atoms with Crippen molar-refractivity contribution < 1.29 is 0 Å². The van der Waals surface area contributed by atoms with E-state index in [9.17, 15) is 0 Å². The van der Waals surface area contributed by atoms with Gasteiger partial charge in [0.15, 0.2) is 0 Å². The third-order valence-corrected chi connectivity index (χ3v) is 3.65. The highest BCUT2D eigenvalue weighted by molar-refractivity contribution is 4.86. The molecule has 0 heterocycles. The van der Waals surface area contributed by atoms with Crippen molar-refractivity contribution in [2.24, 2.45) is 17.3 Å². The van der Waals surface area contributed by atoms with E-state index in [-0.39, 0.29) is 0 Å². The van der Waals surface area contributed by atoms with Crippen LogP contribution in [0.25, 0.3) is 0 Å². The van der Waals surface area contributed by atoms with Crippen molar-refractivity contribution >= 4 is 0 Å². The van der Waals surface area contributed by atoms with E-state index in [0.29, 0.717) is 5.41 Å².